The van der Waals surface area contributed by atoms with Gasteiger partial charge in [-0.25, -0.2) is 0 Å². The Morgan fingerprint density at radius 3 is 2.49 bits per heavy atom. The van der Waals surface area contributed by atoms with Crippen LogP contribution in [0.5, 0.6) is 11.5 Å². The lowest BCUT2D eigenvalue weighted by molar-refractivity contribution is 0.0971. The molecular formula is C30H26ClNO5. The van der Waals surface area contributed by atoms with Crippen molar-refractivity contribution in [3.05, 3.63) is 111 Å². The molecular weight excluding hydrogens is 490 g/mol. The molecule has 1 aromatic heterocycles. The molecule has 2 heterocycles. The lowest BCUT2D eigenvalue weighted by atomic mass is 9.97. The van der Waals surface area contributed by atoms with E-state index in [0.29, 0.717) is 52.0 Å². The van der Waals surface area contributed by atoms with Crippen molar-refractivity contribution in [1.29, 1.82) is 0 Å². The first-order valence-electron chi connectivity index (χ1n) is 12.2. The standard InChI is InChI=1S/C30H26ClNO5/c1-4-15-36-24-13-9-19(16-25(24)35-6-3)27-26-28(33)22-17-20(31)10-14-23(22)37-29(26)30(34)32(27)21-11-7-18(5-2)8-12-21/h4,7-14,16-17,27H,1,5-6,15H2,2-3H3. The Labute approximate surface area is 219 Å². The third-order valence-corrected chi connectivity index (χ3v) is 6.63. The predicted molar refractivity (Wildman–Crippen MR) is 145 cm³/mol. The maximum absolute atomic E-state index is 13.8. The minimum Gasteiger partial charge on any atom is -0.490 e. The second-order valence-corrected chi connectivity index (χ2v) is 9.09. The number of ether oxygens (including phenoxy) is 2. The maximum atomic E-state index is 13.8. The molecule has 1 aliphatic heterocycles. The molecule has 0 fully saturated rings. The van der Waals surface area contributed by atoms with E-state index in [9.17, 15) is 9.59 Å². The van der Waals surface area contributed by atoms with Crippen LogP contribution in [0.4, 0.5) is 5.69 Å². The molecule has 0 spiro atoms. The quantitative estimate of drug-likeness (QED) is 0.243. The highest BCUT2D eigenvalue weighted by Gasteiger charge is 2.44. The number of halogens is 1. The normalized spacial score (nSPS) is 14.6. The molecule has 6 nitrogen and oxygen atoms in total. The second-order valence-electron chi connectivity index (χ2n) is 8.65. The van der Waals surface area contributed by atoms with E-state index in [1.54, 1.807) is 35.2 Å². The van der Waals surface area contributed by atoms with Crippen LogP contribution in [0.1, 0.15) is 47.1 Å². The van der Waals surface area contributed by atoms with Crippen molar-refractivity contribution in [2.24, 2.45) is 0 Å². The summed E-state index contributed by atoms with van der Waals surface area (Å²) >= 11 is 6.20. The van der Waals surface area contributed by atoms with Gasteiger partial charge in [-0.1, -0.05) is 49.4 Å². The molecule has 0 radical (unpaired) electrons. The molecule has 0 bridgehead atoms. The summed E-state index contributed by atoms with van der Waals surface area (Å²) < 4.78 is 17.7. The van der Waals surface area contributed by atoms with Crippen molar-refractivity contribution in [2.75, 3.05) is 18.1 Å². The molecule has 0 saturated carbocycles. The Morgan fingerprint density at radius 1 is 1.00 bits per heavy atom. The highest BCUT2D eigenvalue weighted by molar-refractivity contribution is 6.31. The third kappa shape index (κ3) is 4.38. The number of carbonyl (C=O) groups excluding carboxylic acids is 1. The highest BCUT2D eigenvalue weighted by atomic mass is 35.5. The Bertz CT molecular complexity index is 1560. The number of carbonyl (C=O) groups is 1. The van der Waals surface area contributed by atoms with Gasteiger partial charge in [-0.05, 0) is 66.9 Å². The largest absolute Gasteiger partial charge is 0.490 e. The van der Waals surface area contributed by atoms with Crippen LogP contribution in [0.2, 0.25) is 5.02 Å². The lowest BCUT2D eigenvalue weighted by Gasteiger charge is -2.26. The number of benzene rings is 3. The summed E-state index contributed by atoms with van der Waals surface area (Å²) in [4.78, 5) is 29.3. The van der Waals surface area contributed by atoms with Gasteiger partial charge in [0.2, 0.25) is 5.76 Å². The van der Waals surface area contributed by atoms with Gasteiger partial charge in [-0.2, -0.15) is 0 Å². The van der Waals surface area contributed by atoms with E-state index in [1.807, 2.05) is 43.3 Å². The van der Waals surface area contributed by atoms with E-state index in [-0.39, 0.29) is 22.7 Å². The van der Waals surface area contributed by atoms with Gasteiger partial charge < -0.3 is 13.9 Å². The fourth-order valence-corrected chi connectivity index (χ4v) is 4.82. The minimum absolute atomic E-state index is 0.0225. The van der Waals surface area contributed by atoms with Crippen molar-refractivity contribution in [1.82, 2.24) is 0 Å². The summed E-state index contributed by atoms with van der Waals surface area (Å²) in [7, 11) is 0. The van der Waals surface area contributed by atoms with Crippen LogP contribution in [0.15, 0.2) is 82.5 Å². The lowest BCUT2D eigenvalue weighted by Crippen LogP contribution is -2.29. The SMILES string of the molecule is C=CCOc1ccc(C2c3c(oc4ccc(Cl)cc4c3=O)C(=O)N2c2ccc(CC)cc2)cc1OCC. The van der Waals surface area contributed by atoms with Gasteiger partial charge in [0.15, 0.2) is 16.9 Å². The Kier molecular flexibility index (Phi) is 6.76. The molecule has 0 saturated heterocycles. The summed E-state index contributed by atoms with van der Waals surface area (Å²) in [5, 5.41) is 0.734. The number of anilines is 1. The number of aryl methyl sites for hydroxylation is 1. The van der Waals surface area contributed by atoms with Gasteiger partial charge in [0, 0.05) is 10.7 Å². The summed E-state index contributed by atoms with van der Waals surface area (Å²) in [5.74, 6) is 0.695. The number of fused-ring (bicyclic) bond motifs is 2. The van der Waals surface area contributed by atoms with E-state index in [0.717, 1.165) is 12.0 Å². The summed E-state index contributed by atoms with van der Waals surface area (Å²) in [6, 6.07) is 17.2. The first-order valence-corrected chi connectivity index (χ1v) is 12.5. The Hall–Kier alpha value is -4.03. The van der Waals surface area contributed by atoms with Crippen molar-refractivity contribution < 1.29 is 18.7 Å². The minimum atomic E-state index is -0.734. The molecule has 0 aliphatic carbocycles. The fraction of sp³-hybridized carbons (Fsp3) is 0.200. The zero-order valence-corrected chi connectivity index (χ0v) is 21.4. The molecule has 7 heteroatoms. The summed E-state index contributed by atoms with van der Waals surface area (Å²) in [6.07, 6.45) is 2.52. The summed E-state index contributed by atoms with van der Waals surface area (Å²) in [5.41, 5.74) is 2.77. The average molecular weight is 516 g/mol. The number of hydrogen-bond donors (Lipinski definition) is 0. The molecule has 1 atom stereocenters. The first kappa shape index (κ1) is 24.7. The van der Waals surface area contributed by atoms with E-state index < -0.39 is 6.04 Å². The monoisotopic (exact) mass is 515 g/mol. The number of amides is 1. The molecule has 5 rings (SSSR count). The maximum Gasteiger partial charge on any atom is 0.295 e. The van der Waals surface area contributed by atoms with E-state index >= 15 is 0 Å². The topological polar surface area (TPSA) is 69.0 Å². The summed E-state index contributed by atoms with van der Waals surface area (Å²) in [6.45, 7) is 8.38. The van der Waals surface area contributed by atoms with Crippen LogP contribution in [0.25, 0.3) is 11.0 Å². The molecule has 1 aliphatic rings. The molecule has 0 N–H and O–H groups in total. The van der Waals surface area contributed by atoms with Gasteiger partial charge in [0.25, 0.3) is 5.91 Å². The van der Waals surface area contributed by atoms with Crippen LogP contribution < -0.4 is 19.8 Å². The van der Waals surface area contributed by atoms with Crippen LogP contribution in [0.3, 0.4) is 0 Å². The molecule has 1 amide bonds. The predicted octanol–water partition coefficient (Wildman–Crippen LogP) is 6.72. The molecule has 37 heavy (non-hydrogen) atoms. The van der Waals surface area contributed by atoms with Crippen molar-refractivity contribution in [3.8, 4) is 11.5 Å². The number of nitrogens with zero attached hydrogens (tertiary/aromatic N) is 1. The number of hydrogen-bond acceptors (Lipinski definition) is 5. The van der Waals surface area contributed by atoms with Crippen molar-refractivity contribution in [3.63, 3.8) is 0 Å². The average Bonchev–Trinajstić information content (AvgIpc) is 3.21. The zero-order chi connectivity index (χ0) is 26.1. The van der Waals surface area contributed by atoms with Gasteiger partial charge in [-0.15, -0.1) is 0 Å². The molecule has 1 unspecified atom stereocenters. The Balaban J connectivity index is 1.74. The van der Waals surface area contributed by atoms with Crippen LogP contribution in [-0.2, 0) is 6.42 Å². The third-order valence-electron chi connectivity index (χ3n) is 6.39. The molecule has 188 valence electrons. The van der Waals surface area contributed by atoms with E-state index in [1.165, 1.54) is 0 Å². The van der Waals surface area contributed by atoms with Crippen LogP contribution >= 0.6 is 11.6 Å². The van der Waals surface area contributed by atoms with Gasteiger partial charge in [0.1, 0.15) is 12.2 Å². The molecule has 3 aromatic carbocycles. The van der Waals surface area contributed by atoms with Crippen LogP contribution in [0, 0.1) is 0 Å². The van der Waals surface area contributed by atoms with Gasteiger partial charge in [0.05, 0.1) is 23.6 Å². The second kappa shape index (κ2) is 10.1. The Morgan fingerprint density at radius 2 is 1.78 bits per heavy atom. The fourth-order valence-electron chi connectivity index (χ4n) is 4.65. The van der Waals surface area contributed by atoms with E-state index in [2.05, 4.69) is 13.5 Å². The van der Waals surface area contributed by atoms with Gasteiger partial charge >= 0.3 is 0 Å². The van der Waals surface area contributed by atoms with Crippen molar-refractivity contribution in [2.45, 2.75) is 26.3 Å². The van der Waals surface area contributed by atoms with Gasteiger partial charge in [-0.3, -0.25) is 14.5 Å². The van der Waals surface area contributed by atoms with E-state index in [4.69, 9.17) is 25.5 Å². The smallest absolute Gasteiger partial charge is 0.295 e. The highest BCUT2D eigenvalue weighted by Crippen LogP contribution is 2.43. The number of rotatable bonds is 8. The molecule has 4 aromatic rings. The zero-order valence-electron chi connectivity index (χ0n) is 20.6. The first-order chi connectivity index (χ1) is 18.0. The van der Waals surface area contributed by atoms with Crippen LogP contribution in [-0.4, -0.2) is 19.1 Å². The van der Waals surface area contributed by atoms with Crippen molar-refractivity contribution >= 4 is 34.2 Å².